The summed E-state index contributed by atoms with van der Waals surface area (Å²) in [5, 5.41) is 6.43. The lowest BCUT2D eigenvalue weighted by molar-refractivity contribution is -0.251. The van der Waals surface area contributed by atoms with Crippen molar-refractivity contribution in [3.05, 3.63) is 0 Å². The monoisotopic (exact) mass is 265 g/mol. The highest BCUT2D eigenvalue weighted by Crippen LogP contribution is 2.37. The predicted octanol–water partition coefficient (Wildman–Crippen LogP) is 2.50. The number of alkyl halides is 6. The molecule has 1 N–H and O–H groups in total. The molecular formula is C8H9F6NO2. The van der Waals surface area contributed by atoms with Gasteiger partial charge in [-0.1, -0.05) is 0 Å². The fourth-order valence-corrected chi connectivity index (χ4v) is 0.818. The fourth-order valence-electron chi connectivity index (χ4n) is 0.818. The van der Waals surface area contributed by atoms with Crippen molar-refractivity contribution in [2.45, 2.75) is 31.6 Å². The van der Waals surface area contributed by atoms with E-state index in [2.05, 4.69) is 4.74 Å². The molecule has 0 aliphatic heterocycles. The molecule has 0 aliphatic carbocycles. The molecule has 0 aromatic carbocycles. The zero-order chi connectivity index (χ0) is 13.9. The number of ether oxygens (including phenoxy) is 1. The standard InChI is InChI=1S/C8H9F6NO2/c1-2-17-5(16)3-4(9)6(15)7(10,11)8(12,13)14/h4,15H,2-3H2,1H3. The Labute approximate surface area is 92.2 Å². The van der Waals surface area contributed by atoms with Crippen molar-refractivity contribution in [2.24, 2.45) is 0 Å². The first-order valence-corrected chi connectivity index (χ1v) is 4.37. The minimum absolute atomic E-state index is 0.172. The van der Waals surface area contributed by atoms with E-state index in [9.17, 15) is 31.1 Å². The number of halogens is 6. The van der Waals surface area contributed by atoms with Gasteiger partial charge in [0.25, 0.3) is 0 Å². The highest BCUT2D eigenvalue weighted by molar-refractivity contribution is 5.95. The molecule has 9 heteroatoms. The van der Waals surface area contributed by atoms with Gasteiger partial charge in [0, 0.05) is 0 Å². The Hall–Kier alpha value is -1.28. The van der Waals surface area contributed by atoms with Gasteiger partial charge in [-0.3, -0.25) is 4.79 Å². The zero-order valence-electron chi connectivity index (χ0n) is 8.58. The second-order valence-electron chi connectivity index (χ2n) is 2.96. The second-order valence-corrected chi connectivity index (χ2v) is 2.96. The first-order valence-electron chi connectivity index (χ1n) is 4.37. The van der Waals surface area contributed by atoms with Crippen LogP contribution in [0.5, 0.6) is 0 Å². The molecule has 0 aromatic heterocycles. The summed E-state index contributed by atoms with van der Waals surface area (Å²) in [5.41, 5.74) is -2.50. The van der Waals surface area contributed by atoms with E-state index in [-0.39, 0.29) is 6.61 Å². The quantitative estimate of drug-likeness (QED) is 0.471. The molecule has 0 amide bonds. The maximum atomic E-state index is 12.9. The lowest BCUT2D eigenvalue weighted by atomic mass is 10.1. The van der Waals surface area contributed by atoms with Crippen LogP contribution in [-0.2, 0) is 9.53 Å². The van der Waals surface area contributed by atoms with Crippen LogP contribution in [0.15, 0.2) is 0 Å². The third-order valence-electron chi connectivity index (χ3n) is 1.66. The van der Waals surface area contributed by atoms with Crippen molar-refractivity contribution in [3.63, 3.8) is 0 Å². The number of hydrogen-bond acceptors (Lipinski definition) is 3. The molecule has 3 nitrogen and oxygen atoms in total. The number of esters is 1. The molecular weight excluding hydrogens is 256 g/mol. The normalized spacial score (nSPS) is 14.3. The lowest BCUT2D eigenvalue weighted by Crippen LogP contribution is -2.48. The third-order valence-corrected chi connectivity index (χ3v) is 1.66. The number of carbonyl (C=O) groups excluding carboxylic acids is 1. The third kappa shape index (κ3) is 3.90. The summed E-state index contributed by atoms with van der Waals surface area (Å²) in [4.78, 5) is 10.6. The molecule has 100 valence electrons. The van der Waals surface area contributed by atoms with Gasteiger partial charge in [-0.2, -0.15) is 22.0 Å². The average Bonchev–Trinajstić information content (AvgIpc) is 2.14. The van der Waals surface area contributed by atoms with Crippen LogP contribution in [0.1, 0.15) is 13.3 Å². The van der Waals surface area contributed by atoms with Gasteiger partial charge in [0.1, 0.15) is 5.71 Å². The lowest BCUT2D eigenvalue weighted by Gasteiger charge is -2.21. The molecule has 0 aromatic rings. The molecule has 1 atom stereocenters. The summed E-state index contributed by atoms with van der Waals surface area (Å²) in [6.07, 6.45) is -10.5. The van der Waals surface area contributed by atoms with E-state index in [4.69, 9.17) is 5.41 Å². The van der Waals surface area contributed by atoms with Gasteiger partial charge < -0.3 is 10.1 Å². The smallest absolute Gasteiger partial charge is 0.459 e. The Morgan fingerprint density at radius 1 is 1.29 bits per heavy atom. The first-order chi connectivity index (χ1) is 7.54. The van der Waals surface area contributed by atoms with E-state index in [0.29, 0.717) is 0 Å². The predicted molar refractivity (Wildman–Crippen MR) is 44.9 cm³/mol. The molecule has 0 aliphatic rings. The minimum Gasteiger partial charge on any atom is -0.466 e. The van der Waals surface area contributed by atoms with Crippen molar-refractivity contribution >= 4 is 11.7 Å². The van der Waals surface area contributed by atoms with Crippen molar-refractivity contribution in [1.82, 2.24) is 0 Å². The summed E-state index contributed by atoms with van der Waals surface area (Å²) in [6, 6.07) is 0. The van der Waals surface area contributed by atoms with Gasteiger partial charge in [0.05, 0.1) is 13.0 Å². The molecule has 0 bridgehead atoms. The first kappa shape index (κ1) is 15.7. The van der Waals surface area contributed by atoms with E-state index >= 15 is 0 Å². The van der Waals surface area contributed by atoms with E-state index in [0.717, 1.165) is 0 Å². The molecule has 0 saturated carbocycles. The van der Waals surface area contributed by atoms with Crippen LogP contribution < -0.4 is 0 Å². The van der Waals surface area contributed by atoms with Gasteiger partial charge >= 0.3 is 18.1 Å². The van der Waals surface area contributed by atoms with Crippen molar-refractivity contribution < 1.29 is 35.9 Å². The molecule has 1 unspecified atom stereocenters. The van der Waals surface area contributed by atoms with Crippen LogP contribution in [-0.4, -0.2) is 36.6 Å². The fraction of sp³-hybridized carbons (Fsp3) is 0.750. The maximum absolute atomic E-state index is 12.9. The van der Waals surface area contributed by atoms with E-state index in [1.54, 1.807) is 0 Å². The molecule has 0 spiro atoms. The number of rotatable bonds is 5. The molecule has 0 radical (unpaired) electrons. The van der Waals surface area contributed by atoms with Crippen LogP contribution in [0.4, 0.5) is 26.3 Å². The SMILES string of the molecule is CCOC(=O)CC(F)C(=N)C(F)(F)C(F)(F)F. The van der Waals surface area contributed by atoms with Gasteiger partial charge in [0.15, 0.2) is 6.17 Å². The van der Waals surface area contributed by atoms with Gasteiger partial charge in [-0.05, 0) is 6.92 Å². The van der Waals surface area contributed by atoms with Gasteiger partial charge in [-0.15, -0.1) is 0 Å². The molecule has 0 fully saturated rings. The van der Waals surface area contributed by atoms with Crippen molar-refractivity contribution in [3.8, 4) is 0 Å². The largest absolute Gasteiger partial charge is 0.466 e. The van der Waals surface area contributed by atoms with Crippen LogP contribution >= 0.6 is 0 Å². The Morgan fingerprint density at radius 2 is 1.76 bits per heavy atom. The molecule has 0 saturated heterocycles. The van der Waals surface area contributed by atoms with Gasteiger partial charge in [0.2, 0.25) is 0 Å². The Kier molecular flexibility index (Phi) is 4.96. The summed E-state index contributed by atoms with van der Waals surface area (Å²) in [6.45, 7) is 1.18. The summed E-state index contributed by atoms with van der Waals surface area (Å²) < 4.78 is 77.3. The molecule has 0 heterocycles. The highest BCUT2D eigenvalue weighted by atomic mass is 19.4. The van der Waals surface area contributed by atoms with Crippen molar-refractivity contribution in [2.75, 3.05) is 6.61 Å². The number of carbonyl (C=O) groups is 1. The van der Waals surface area contributed by atoms with Gasteiger partial charge in [-0.25, -0.2) is 4.39 Å². The summed E-state index contributed by atoms with van der Waals surface area (Å²) >= 11 is 0. The highest BCUT2D eigenvalue weighted by Gasteiger charge is 2.62. The summed E-state index contributed by atoms with van der Waals surface area (Å²) in [7, 11) is 0. The van der Waals surface area contributed by atoms with Crippen LogP contribution in [0.2, 0.25) is 0 Å². The van der Waals surface area contributed by atoms with Crippen LogP contribution in [0.3, 0.4) is 0 Å². The average molecular weight is 265 g/mol. The molecule has 17 heavy (non-hydrogen) atoms. The van der Waals surface area contributed by atoms with E-state index in [1.807, 2.05) is 0 Å². The minimum atomic E-state index is -6.07. The Morgan fingerprint density at radius 3 is 2.12 bits per heavy atom. The Bertz CT molecular complexity index is 301. The number of hydrogen-bond donors (Lipinski definition) is 1. The summed E-state index contributed by atoms with van der Waals surface area (Å²) in [5.74, 6) is -6.89. The van der Waals surface area contributed by atoms with Crippen molar-refractivity contribution in [1.29, 1.82) is 5.41 Å². The second kappa shape index (κ2) is 5.37. The van der Waals surface area contributed by atoms with Crippen LogP contribution in [0.25, 0.3) is 0 Å². The zero-order valence-corrected chi connectivity index (χ0v) is 8.58. The number of nitrogens with one attached hydrogen (secondary N) is 1. The van der Waals surface area contributed by atoms with E-state index in [1.165, 1.54) is 6.92 Å². The van der Waals surface area contributed by atoms with Crippen LogP contribution in [0, 0.1) is 5.41 Å². The Balaban J connectivity index is 4.66. The topological polar surface area (TPSA) is 50.2 Å². The molecule has 0 rings (SSSR count). The maximum Gasteiger partial charge on any atom is 0.459 e. The van der Waals surface area contributed by atoms with E-state index < -0.39 is 36.4 Å².